The number of rotatable bonds is 8. The average molecular weight is 455 g/mol. The number of anilines is 1. The number of amides is 1. The zero-order chi connectivity index (χ0) is 22.5. The molecule has 7 heteroatoms. The van der Waals surface area contributed by atoms with Crippen molar-refractivity contribution < 1.29 is 18.7 Å². The molecule has 0 aliphatic carbocycles. The monoisotopic (exact) mass is 454 g/mol. The Hall–Kier alpha value is -2.77. The first-order valence-electron chi connectivity index (χ1n) is 11.1. The maximum atomic E-state index is 12.8. The summed E-state index contributed by atoms with van der Waals surface area (Å²) in [6.45, 7) is 4.12. The molecule has 2 aromatic heterocycles. The Kier molecular flexibility index (Phi) is 7.17. The minimum absolute atomic E-state index is 0.0520. The number of piperidine rings is 1. The van der Waals surface area contributed by atoms with Gasteiger partial charge in [0.2, 0.25) is 0 Å². The Morgan fingerprint density at radius 2 is 1.94 bits per heavy atom. The van der Waals surface area contributed by atoms with Crippen LogP contribution in [0.2, 0.25) is 0 Å². The second-order valence-corrected chi connectivity index (χ2v) is 9.00. The van der Waals surface area contributed by atoms with Crippen molar-refractivity contribution in [3.63, 3.8) is 0 Å². The van der Waals surface area contributed by atoms with E-state index in [0.29, 0.717) is 11.5 Å². The molecule has 0 spiro atoms. The third kappa shape index (κ3) is 4.54. The minimum Gasteiger partial charge on any atom is -0.493 e. The molecule has 1 atom stereocenters. The second kappa shape index (κ2) is 10.2. The number of benzene rings is 1. The lowest BCUT2D eigenvalue weighted by Crippen LogP contribution is -2.35. The van der Waals surface area contributed by atoms with Gasteiger partial charge in [-0.1, -0.05) is 25.5 Å². The van der Waals surface area contributed by atoms with E-state index in [-0.39, 0.29) is 11.9 Å². The first-order chi connectivity index (χ1) is 15.7. The molecular weight excluding hydrogens is 424 g/mol. The molecule has 1 saturated heterocycles. The van der Waals surface area contributed by atoms with Crippen LogP contribution in [0.15, 0.2) is 47.1 Å². The number of para-hydroxylation sites is 1. The van der Waals surface area contributed by atoms with Crippen molar-refractivity contribution in [1.82, 2.24) is 4.90 Å². The van der Waals surface area contributed by atoms with Gasteiger partial charge in [0.1, 0.15) is 5.00 Å². The molecule has 0 radical (unpaired) electrons. The van der Waals surface area contributed by atoms with Crippen LogP contribution in [-0.2, 0) is 6.42 Å². The van der Waals surface area contributed by atoms with Gasteiger partial charge in [0, 0.05) is 16.0 Å². The van der Waals surface area contributed by atoms with E-state index in [1.54, 1.807) is 37.7 Å². The lowest BCUT2D eigenvalue weighted by atomic mass is 9.94. The van der Waals surface area contributed by atoms with E-state index >= 15 is 0 Å². The molecule has 170 valence electrons. The van der Waals surface area contributed by atoms with E-state index in [4.69, 9.17) is 13.9 Å². The maximum absolute atomic E-state index is 12.8. The van der Waals surface area contributed by atoms with Crippen LogP contribution in [0.5, 0.6) is 11.5 Å². The quantitative estimate of drug-likeness (QED) is 0.470. The summed E-state index contributed by atoms with van der Waals surface area (Å²) >= 11 is 1.62. The fourth-order valence-corrected chi connectivity index (χ4v) is 5.40. The lowest BCUT2D eigenvalue weighted by molar-refractivity contribution is 0.0996. The zero-order valence-electron chi connectivity index (χ0n) is 18.8. The van der Waals surface area contributed by atoms with Gasteiger partial charge in [-0.15, -0.1) is 11.3 Å². The molecule has 1 aromatic carbocycles. The second-order valence-electron chi connectivity index (χ2n) is 7.86. The fraction of sp³-hybridized carbons (Fsp3) is 0.400. The largest absolute Gasteiger partial charge is 0.493 e. The highest BCUT2D eigenvalue weighted by atomic mass is 32.1. The van der Waals surface area contributed by atoms with Crippen LogP contribution in [0, 0.1) is 0 Å². The van der Waals surface area contributed by atoms with E-state index in [2.05, 4.69) is 29.3 Å². The number of likely N-dealkylation sites (tertiary alicyclic amines) is 1. The Bertz CT molecular complexity index is 1040. The highest BCUT2D eigenvalue weighted by Crippen LogP contribution is 2.45. The van der Waals surface area contributed by atoms with Gasteiger partial charge in [0.05, 0.1) is 26.5 Å². The van der Waals surface area contributed by atoms with Crippen molar-refractivity contribution in [3.8, 4) is 11.5 Å². The zero-order valence-corrected chi connectivity index (χ0v) is 19.7. The Balaban J connectivity index is 1.82. The van der Waals surface area contributed by atoms with Crippen LogP contribution in [-0.4, -0.2) is 38.1 Å². The molecule has 3 heterocycles. The predicted molar refractivity (Wildman–Crippen MR) is 127 cm³/mol. The highest BCUT2D eigenvalue weighted by Gasteiger charge is 2.31. The standard InChI is InChI=1S/C25H30N2O4S/c1-4-17-16-19(25(32-17)26-24(28)21-12-9-15-31-21)22(27-13-6-5-7-14-27)18-10-8-11-20(29-2)23(18)30-3/h8-12,15-16,22H,4-7,13-14H2,1-3H3,(H,26,28)/t22-/m1/s1. The number of carbonyl (C=O) groups excluding carboxylic acids is 1. The molecule has 0 saturated carbocycles. The summed E-state index contributed by atoms with van der Waals surface area (Å²) in [5.74, 6) is 1.50. The summed E-state index contributed by atoms with van der Waals surface area (Å²) in [5.41, 5.74) is 2.13. The van der Waals surface area contributed by atoms with Gasteiger partial charge >= 0.3 is 0 Å². The maximum Gasteiger partial charge on any atom is 0.291 e. The van der Waals surface area contributed by atoms with Crippen molar-refractivity contribution in [1.29, 1.82) is 0 Å². The van der Waals surface area contributed by atoms with Gasteiger partial charge in [0.25, 0.3) is 5.91 Å². The van der Waals surface area contributed by atoms with Gasteiger partial charge in [-0.2, -0.15) is 0 Å². The predicted octanol–water partition coefficient (Wildman–Crippen LogP) is 5.75. The number of aryl methyl sites for hydroxylation is 1. The fourth-order valence-electron chi connectivity index (χ4n) is 4.37. The van der Waals surface area contributed by atoms with Crippen LogP contribution in [0.3, 0.4) is 0 Å². The van der Waals surface area contributed by atoms with Gasteiger partial charge in [-0.3, -0.25) is 9.69 Å². The van der Waals surface area contributed by atoms with Crippen LogP contribution < -0.4 is 14.8 Å². The topological polar surface area (TPSA) is 63.9 Å². The van der Waals surface area contributed by atoms with Crippen LogP contribution in [0.25, 0.3) is 0 Å². The number of hydrogen-bond donors (Lipinski definition) is 1. The molecule has 4 rings (SSSR count). The Morgan fingerprint density at radius 3 is 2.59 bits per heavy atom. The smallest absolute Gasteiger partial charge is 0.291 e. The third-order valence-electron chi connectivity index (χ3n) is 5.91. The van der Waals surface area contributed by atoms with Crippen LogP contribution >= 0.6 is 11.3 Å². The Morgan fingerprint density at radius 1 is 1.12 bits per heavy atom. The molecule has 6 nitrogen and oxygen atoms in total. The van der Waals surface area contributed by atoms with Crippen molar-refractivity contribution in [3.05, 3.63) is 64.4 Å². The SMILES string of the molecule is CCc1cc([C@@H](c2cccc(OC)c2OC)N2CCCCC2)c(NC(=O)c2ccco2)s1. The number of carbonyl (C=O) groups is 1. The first kappa shape index (κ1) is 22.4. The molecular formula is C25H30N2O4S. The summed E-state index contributed by atoms with van der Waals surface area (Å²) in [4.78, 5) is 16.5. The normalized spacial score (nSPS) is 15.3. The summed E-state index contributed by atoms with van der Waals surface area (Å²) in [6, 6.07) is 11.6. The molecule has 1 fully saturated rings. The lowest BCUT2D eigenvalue weighted by Gasteiger charge is -2.36. The van der Waals surface area contributed by atoms with Crippen molar-refractivity contribution in [2.45, 2.75) is 38.6 Å². The van der Waals surface area contributed by atoms with E-state index in [0.717, 1.165) is 54.2 Å². The first-order valence-corrected chi connectivity index (χ1v) is 11.9. The summed E-state index contributed by atoms with van der Waals surface area (Å²) in [7, 11) is 3.34. The van der Waals surface area contributed by atoms with Crippen molar-refractivity contribution >= 4 is 22.2 Å². The molecule has 0 unspecified atom stereocenters. The van der Waals surface area contributed by atoms with Gasteiger partial charge < -0.3 is 19.2 Å². The molecule has 3 aromatic rings. The highest BCUT2D eigenvalue weighted by molar-refractivity contribution is 7.16. The molecule has 1 N–H and O–H groups in total. The number of ether oxygens (including phenoxy) is 2. The van der Waals surface area contributed by atoms with Gasteiger partial charge in [0.15, 0.2) is 17.3 Å². The van der Waals surface area contributed by atoms with E-state index in [1.165, 1.54) is 17.6 Å². The number of nitrogens with zero attached hydrogens (tertiary/aromatic N) is 1. The number of thiophene rings is 1. The van der Waals surface area contributed by atoms with E-state index < -0.39 is 0 Å². The molecule has 1 amide bonds. The number of furan rings is 1. The molecule has 1 aliphatic heterocycles. The summed E-state index contributed by atoms with van der Waals surface area (Å²) in [6.07, 6.45) is 5.96. The van der Waals surface area contributed by atoms with Gasteiger partial charge in [-0.05, 0) is 56.6 Å². The third-order valence-corrected chi connectivity index (χ3v) is 7.12. The van der Waals surface area contributed by atoms with Crippen LogP contribution in [0.1, 0.15) is 58.8 Å². The van der Waals surface area contributed by atoms with Crippen LogP contribution in [0.4, 0.5) is 5.00 Å². The van der Waals surface area contributed by atoms with Crippen molar-refractivity contribution in [2.75, 3.05) is 32.6 Å². The average Bonchev–Trinajstić information content (AvgIpc) is 3.50. The number of hydrogen-bond acceptors (Lipinski definition) is 6. The van der Waals surface area contributed by atoms with Crippen molar-refractivity contribution in [2.24, 2.45) is 0 Å². The molecule has 0 bridgehead atoms. The summed E-state index contributed by atoms with van der Waals surface area (Å²) in [5, 5.41) is 3.96. The van der Waals surface area contributed by atoms with Gasteiger partial charge in [-0.25, -0.2) is 0 Å². The molecule has 1 aliphatic rings. The summed E-state index contributed by atoms with van der Waals surface area (Å²) < 4.78 is 16.7. The minimum atomic E-state index is -0.240. The number of methoxy groups -OCH3 is 2. The van der Waals surface area contributed by atoms with E-state index in [9.17, 15) is 4.79 Å². The van der Waals surface area contributed by atoms with E-state index in [1.807, 2.05) is 12.1 Å². The number of nitrogens with one attached hydrogen (secondary N) is 1. The Labute approximate surface area is 193 Å². The molecule has 32 heavy (non-hydrogen) atoms.